The van der Waals surface area contributed by atoms with Gasteiger partial charge in [-0.2, -0.15) is 8.62 Å². The predicted octanol–water partition coefficient (Wildman–Crippen LogP) is 2.38. The van der Waals surface area contributed by atoms with Crippen molar-refractivity contribution in [3.05, 3.63) is 21.4 Å². The van der Waals surface area contributed by atoms with Crippen LogP contribution in [0, 0.1) is 15.2 Å². The van der Waals surface area contributed by atoms with E-state index in [4.69, 9.17) is 31.6 Å². The highest BCUT2D eigenvalue weighted by Gasteiger charge is 2.43. The highest BCUT2D eigenvalue weighted by molar-refractivity contribution is 7.72. The van der Waals surface area contributed by atoms with Crippen LogP contribution in [0.3, 0.4) is 0 Å². The molecule has 1 saturated heterocycles. The number of nitrogens with one attached hydrogen (secondary N) is 1. The summed E-state index contributed by atoms with van der Waals surface area (Å²) in [5, 5.41) is 0. The minimum atomic E-state index is -5.68. The quantitative estimate of drug-likeness (QED) is 0.248. The Bertz CT molecular complexity index is 1030. The van der Waals surface area contributed by atoms with Gasteiger partial charge in [0, 0.05) is 12.6 Å². The minimum Gasteiger partial charge on any atom is -0.349 e. The van der Waals surface area contributed by atoms with Crippen LogP contribution in [0.1, 0.15) is 12.6 Å². The third kappa shape index (κ3) is 7.43. The fraction of sp³-hybridized carbons (Fsp3) is 0.556. The Balaban J connectivity index is 2.02. The summed E-state index contributed by atoms with van der Waals surface area (Å²) in [7, 11) is -16.6. The van der Waals surface area contributed by atoms with E-state index in [9.17, 15) is 27.4 Å². The van der Waals surface area contributed by atoms with Gasteiger partial charge in [-0.05, 0) is 12.2 Å². The van der Waals surface area contributed by atoms with Crippen molar-refractivity contribution < 1.29 is 59.9 Å². The number of ether oxygens (including phenoxy) is 1. The SMILES string of the molecule is O=P(O)(O)OP(=O)(O)OP(=O)(O)OC[C@@H]1C[C@H](F)[C@H](n2cc(F)c(=S)[nH]c2=S)O1. The van der Waals surface area contributed by atoms with E-state index in [1.165, 1.54) is 0 Å². The van der Waals surface area contributed by atoms with E-state index in [0.29, 0.717) is 0 Å². The molecule has 0 spiro atoms. The Labute approximate surface area is 170 Å². The third-order valence-corrected chi connectivity index (χ3v) is 7.58. The monoisotopic (exact) mass is 520 g/mol. The molecule has 2 heterocycles. The van der Waals surface area contributed by atoms with Crippen molar-refractivity contribution in [2.24, 2.45) is 0 Å². The smallest absolute Gasteiger partial charge is 0.349 e. The summed E-state index contributed by atoms with van der Waals surface area (Å²) in [5.41, 5.74) is 0. The Hall–Kier alpha value is -0.250. The molecule has 1 aliphatic rings. The predicted molar refractivity (Wildman–Crippen MR) is 93.6 cm³/mol. The lowest BCUT2D eigenvalue weighted by molar-refractivity contribution is -0.0383. The maximum atomic E-state index is 14.2. The van der Waals surface area contributed by atoms with E-state index in [1.54, 1.807) is 0 Å². The van der Waals surface area contributed by atoms with Gasteiger partial charge in [0.1, 0.15) is 10.8 Å². The summed E-state index contributed by atoms with van der Waals surface area (Å²) in [5.74, 6) is -0.902. The zero-order chi connectivity index (χ0) is 22.2. The summed E-state index contributed by atoms with van der Waals surface area (Å²) in [4.78, 5) is 37.6. The Morgan fingerprint density at radius 3 is 2.41 bits per heavy atom. The average Bonchev–Trinajstić information content (AvgIpc) is 2.86. The van der Waals surface area contributed by atoms with Gasteiger partial charge >= 0.3 is 23.5 Å². The standard InChI is InChI=1S/C9H13F2N2O11P3S2/c10-5-1-4(22-8(5)13-2-6(11)7(28)12-9(13)29)3-21-26(17,18)24-27(19,20)23-25(14,15)16/h2,4-5,8H,1,3H2,(H,17,18)(H,19,20)(H,12,28,29)(H2,14,15,16)/t4-,5-,8+/m0/s1. The molecular weight excluding hydrogens is 507 g/mol. The number of H-pyrrole nitrogens is 1. The molecular formula is C9H13F2N2O11P3S2. The molecule has 0 bridgehead atoms. The van der Waals surface area contributed by atoms with Crippen LogP contribution >= 0.6 is 47.9 Å². The number of rotatable bonds is 8. The molecule has 1 fully saturated rings. The highest BCUT2D eigenvalue weighted by Crippen LogP contribution is 2.66. The molecule has 166 valence electrons. The number of halogens is 2. The Morgan fingerprint density at radius 1 is 1.21 bits per heavy atom. The highest BCUT2D eigenvalue weighted by atomic mass is 32.1. The number of aromatic amines is 1. The van der Waals surface area contributed by atoms with Gasteiger partial charge in [-0.25, -0.2) is 22.5 Å². The number of phosphoric ester groups is 1. The summed E-state index contributed by atoms with van der Waals surface area (Å²) < 4.78 is 78.4. The summed E-state index contributed by atoms with van der Waals surface area (Å²) >= 11 is 9.56. The van der Waals surface area contributed by atoms with E-state index >= 15 is 0 Å². The number of aromatic nitrogens is 2. The number of hydrogen-bond donors (Lipinski definition) is 5. The molecule has 1 aliphatic heterocycles. The molecule has 20 heteroatoms. The molecule has 0 amide bonds. The molecule has 0 radical (unpaired) electrons. The molecule has 5 atom stereocenters. The number of hydrogen-bond acceptors (Lipinski definition) is 9. The molecule has 29 heavy (non-hydrogen) atoms. The van der Waals surface area contributed by atoms with Crippen molar-refractivity contribution >= 4 is 47.9 Å². The van der Waals surface area contributed by atoms with Gasteiger partial charge < -0.3 is 29.3 Å². The lowest BCUT2D eigenvalue weighted by atomic mass is 10.2. The summed E-state index contributed by atoms with van der Waals surface area (Å²) in [6, 6.07) is 0. The second-order valence-electron chi connectivity index (χ2n) is 5.43. The molecule has 13 nitrogen and oxygen atoms in total. The number of alkyl halides is 1. The van der Waals surface area contributed by atoms with Gasteiger partial charge in [0.2, 0.25) is 0 Å². The molecule has 0 aliphatic carbocycles. The maximum absolute atomic E-state index is 14.2. The zero-order valence-corrected chi connectivity index (χ0v) is 18.0. The summed E-state index contributed by atoms with van der Waals surface area (Å²) in [6.07, 6.45) is -3.98. The fourth-order valence-corrected chi connectivity index (χ4v) is 5.70. The molecule has 0 aromatic carbocycles. The second kappa shape index (κ2) is 9.09. The van der Waals surface area contributed by atoms with Crippen molar-refractivity contribution in [1.82, 2.24) is 9.55 Å². The first-order valence-corrected chi connectivity index (χ1v) is 12.5. The van der Waals surface area contributed by atoms with Gasteiger partial charge in [-0.1, -0.05) is 12.2 Å². The Kier molecular flexibility index (Phi) is 7.84. The molecule has 2 rings (SSSR count). The topological polar surface area (TPSA) is 190 Å². The molecule has 1 aromatic rings. The second-order valence-corrected chi connectivity index (χ2v) is 10.6. The van der Waals surface area contributed by atoms with E-state index in [1.807, 2.05) is 0 Å². The van der Waals surface area contributed by atoms with Crippen molar-refractivity contribution in [1.29, 1.82) is 0 Å². The molecule has 2 unspecified atom stereocenters. The van der Waals surface area contributed by atoms with Gasteiger partial charge in [-0.15, -0.1) is 0 Å². The van der Waals surface area contributed by atoms with Crippen LogP contribution in [-0.4, -0.2) is 48.0 Å². The minimum absolute atomic E-state index is 0.155. The van der Waals surface area contributed by atoms with Crippen LogP contribution in [0.5, 0.6) is 0 Å². The van der Waals surface area contributed by atoms with Crippen LogP contribution in [0.25, 0.3) is 0 Å². The van der Waals surface area contributed by atoms with Crippen molar-refractivity contribution in [3.8, 4) is 0 Å². The largest absolute Gasteiger partial charge is 0.490 e. The normalized spacial score (nSPS) is 26.8. The van der Waals surface area contributed by atoms with Crippen LogP contribution in [0.4, 0.5) is 8.78 Å². The molecule has 5 N–H and O–H groups in total. The average molecular weight is 520 g/mol. The number of phosphoric acid groups is 3. The van der Waals surface area contributed by atoms with Crippen molar-refractivity contribution in [2.45, 2.75) is 24.9 Å². The van der Waals surface area contributed by atoms with E-state index < -0.39 is 60.8 Å². The fourth-order valence-electron chi connectivity index (χ4n) is 2.18. The molecule has 1 aromatic heterocycles. The summed E-state index contributed by atoms with van der Waals surface area (Å²) in [6.45, 7) is -0.848. The van der Waals surface area contributed by atoms with E-state index in [-0.39, 0.29) is 9.41 Å². The lowest BCUT2D eigenvalue weighted by Crippen LogP contribution is -2.19. The van der Waals surface area contributed by atoms with Crippen molar-refractivity contribution in [3.63, 3.8) is 0 Å². The maximum Gasteiger partial charge on any atom is 0.490 e. The lowest BCUT2D eigenvalue weighted by Gasteiger charge is -2.19. The van der Waals surface area contributed by atoms with Gasteiger partial charge in [0.25, 0.3) is 0 Å². The van der Waals surface area contributed by atoms with Crippen molar-refractivity contribution in [2.75, 3.05) is 6.61 Å². The molecule has 0 saturated carbocycles. The van der Waals surface area contributed by atoms with Gasteiger partial charge in [0.15, 0.2) is 16.8 Å². The van der Waals surface area contributed by atoms with Crippen LogP contribution in [0.2, 0.25) is 0 Å². The van der Waals surface area contributed by atoms with Crippen LogP contribution in [0.15, 0.2) is 6.20 Å². The third-order valence-electron chi connectivity index (χ3n) is 3.17. The first-order valence-electron chi connectivity index (χ1n) is 7.17. The van der Waals surface area contributed by atoms with Gasteiger partial charge in [0.05, 0.1) is 12.7 Å². The van der Waals surface area contributed by atoms with Crippen LogP contribution < -0.4 is 0 Å². The van der Waals surface area contributed by atoms with Gasteiger partial charge in [-0.3, -0.25) is 9.09 Å². The van der Waals surface area contributed by atoms with Crippen LogP contribution in [-0.2, 0) is 31.6 Å². The zero-order valence-electron chi connectivity index (χ0n) is 13.7. The van der Waals surface area contributed by atoms with E-state index in [2.05, 4.69) is 30.3 Å². The first-order chi connectivity index (χ1) is 13.1. The number of nitrogens with zero attached hydrogens (tertiary/aromatic N) is 1. The first kappa shape index (κ1) is 25.0. The van der Waals surface area contributed by atoms with E-state index in [0.717, 1.165) is 10.8 Å². The Morgan fingerprint density at radius 2 is 1.83 bits per heavy atom.